The van der Waals surface area contributed by atoms with Crippen molar-refractivity contribution >= 4 is 60.8 Å². The largest absolute Gasteiger partial charge is 0.456 e. The highest BCUT2D eigenvalue weighted by Crippen LogP contribution is 2.45. The van der Waals surface area contributed by atoms with Crippen molar-refractivity contribution in [3.63, 3.8) is 0 Å². The molecule has 0 bridgehead atoms. The van der Waals surface area contributed by atoms with Crippen molar-refractivity contribution < 1.29 is 4.42 Å². The van der Waals surface area contributed by atoms with Crippen LogP contribution < -0.4 is 4.90 Å². The summed E-state index contributed by atoms with van der Waals surface area (Å²) in [6.45, 7) is 0. The average Bonchev–Trinajstić information content (AvgIpc) is 3.83. The van der Waals surface area contributed by atoms with Crippen molar-refractivity contribution in [2.45, 2.75) is 0 Å². The van der Waals surface area contributed by atoms with Gasteiger partial charge in [0.25, 0.3) is 0 Å². The van der Waals surface area contributed by atoms with Crippen LogP contribution in [0.1, 0.15) is 0 Å². The van der Waals surface area contributed by atoms with Crippen molar-refractivity contribution in [2.24, 2.45) is 0 Å². The molecule has 11 rings (SSSR count). The number of furan rings is 1. The van der Waals surface area contributed by atoms with Crippen LogP contribution in [0.4, 0.5) is 17.1 Å². The normalized spacial score (nSPS) is 11.5. The Morgan fingerprint density at radius 2 is 0.965 bits per heavy atom. The summed E-state index contributed by atoms with van der Waals surface area (Å²) in [4.78, 5) is 2.41. The molecule has 268 valence electrons. The standard InChI is InChI=1S/C54H36N2O/c1-4-15-38(16-5-1)44-21-10-12-24-49(44)55(42-30-27-37(28-31-42)40-29-34-53-47(35-40)46-22-11-13-26-52(46)57-53)43-32-33-50-48(36-43)54-45(39-17-6-2-7-18-39)23-14-25-51(54)56(50)41-19-8-3-9-20-41/h1-36H. The van der Waals surface area contributed by atoms with Gasteiger partial charge in [0.15, 0.2) is 0 Å². The zero-order valence-corrected chi connectivity index (χ0v) is 31.1. The van der Waals surface area contributed by atoms with E-state index >= 15 is 0 Å². The van der Waals surface area contributed by atoms with Crippen LogP contribution in [0.25, 0.3) is 82.8 Å². The highest BCUT2D eigenvalue weighted by molar-refractivity contribution is 6.17. The molecule has 0 aliphatic heterocycles. The molecule has 2 heterocycles. The minimum Gasteiger partial charge on any atom is -0.456 e. The number of nitrogens with zero attached hydrogens (tertiary/aromatic N) is 2. The van der Waals surface area contributed by atoms with Crippen LogP contribution in [0.15, 0.2) is 223 Å². The molecule has 0 aliphatic rings. The Bertz CT molecular complexity index is 3220. The van der Waals surface area contributed by atoms with Crippen molar-refractivity contribution in [1.29, 1.82) is 0 Å². The molecule has 3 heteroatoms. The maximum atomic E-state index is 6.15. The number of hydrogen-bond donors (Lipinski definition) is 0. The van der Waals surface area contributed by atoms with Crippen LogP contribution in [0.2, 0.25) is 0 Å². The van der Waals surface area contributed by atoms with Gasteiger partial charge in [-0.05, 0) is 101 Å². The molecular weight excluding hydrogens is 693 g/mol. The van der Waals surface area contributed by atoms with Gasteiger partial charge in [0.2, 0.25) is 0 Å². The van der Waals surface area contributed by atoms with Crippen molar-refractivity contribution in [3.8, 4) is 39.1 Å². The summed E-state index contributed by atoms with van der Waals surface area (Å²) in [5.41, 5.74) is 15.6. The maximum Gasteiger partial charge on any atom is 0.135 e. The average molecular weight is 729 g/mol. The summed E-state index contributed by atoms with van der Waals surface area (Å²) in [7, 11) is 0. The Labute approximate surface area is 330 Å². The van der Waals surface area contributed by atoms with Gasteiger partial charge in [-0.2, -0.15) is 0 Å². The number of hydrogen-bond acceptors (Lipinski definition) is 2. The Morgan fingerprint density at radius 1 is 0.351 bits per heavy atom. The quantitative estimate of drug-likeness (QED) is 0.163. The first-order valence-electron chi connectivity index (χ1n) is 19.4. The lowest BCUT2D eigenvalue weighted by Crippen LogP contribution is -2.11. The Morgan fingerprint density at radius 3 is 1.75 bits per heavy atom. The summed E-state index contributed by atoms with van der Waals surface area (Å²) < 4.78 is 8.55. The Balaban J connectivity index is 1.13. The number of para-hydroxylation sites is 3. The van der Waals surface area contributed by atoms with Gasteiger partial charge in [0.1, 0.15) is 11.2 Å². The van der Waals surface area contributed by atoms with E-state index in [0.29, 0.717) is 0 Å². The summed E-state index contributed by atoms with van der Waals surface area (Å²) in [6.07, 6.45) is 0. The molecule has 9 aromatic carbocycles. The van der Waals surface area contributed by atoms with Gasteiger partial charge in [-0.15, -0.1) is 0 Å². The summed E-state index contributed by atoms with van der Waals surface area (Å²) in [5, 5.41) is 4.70. The van der Waals surface area contributed by atoms with Crippen LogP contribution in [0.3, 0.4) is 0 Å². The smallest absolute Gasteiger partial charge is 0.135 e. The number of benzene rings is 9. The van der Waals surface area contributed by atoms with Gasteiger partial charge in [-0.1, -0.05) is 146 Å². The summed E-state index contributed by atoms with van der Waals surface area (Å²) >= 11 is 0. The molecule has 0 amide bonds. The lowest BCUT2D eigenvalue weighted by molar-refractivity contribution is 0.669. The zero-order chi connectivity index (χ0) is 37.7. The van der Waals surface area contributed by atoms with E-state index in [1.807, 2.05) is 12.1 Å². The molecule has 2 aromatic heterocycles. The first-order chi connectivity index (χ1) is 28.3. The van der Waals surface area contributed by atoms with Gasteiger partial charge in [-0.25, -0.2) is 0 Å². The van der Waals surface area contributed by atoms with E-state index in [0.717, 1.165) is 66.9 Å². The lowest BCUT2D eigenvalue weighted by Gasteiger charge is -2.28. The minimum absolute atomic E-state index is 0.902. The fraction of sp³-hybridized carbons (Fsp3) is 0. The van der Waals surface area contributed by atoms with E-state index in [4.69, 9.17) is 4.42 Å². The highest BCUT2D eigenvalue weighted by atomic mass is 16.3. The van der Waals surface area contributed by atoms with Crippen LogP contribution >= 0.6 is 0 Å². The SMILES string of the molecule is c1ccc(-c2ccccc2N(c2ccc(-c3ccc4oc5ccccc5c4c3)cc2)c2ccc3c(c2)c2c(-c4ccccc4)cccc2n3-c2ccccc2)cc1. The molecule has 0 radical (unpaired) electrons. The van der Waals surface area contributed by atoms with Gasteiger partial charge in [-0.3, -0.25) is 0 Å². The maximum absolute atomic E-state index is 6.15. The molecule has 0 fully saturated rings. The second-order valence-corrected chi connectivity index (χ2v) is 14.5. The first kappa shape index (κ1) is 32.8. The fourth-order valence-electron chi connectivity index (χ4n) is 8.58. The number of rotatable bonds is 7. The predicted octanol–water partition coefficient (Wildman–Crippen LogP) is 15.2. The lowest BCUT2D eigenvalue weighted by atomic mass is 9.98. The van der Waals surface area contributed by atoms with E-state index in [-0.39, 0.29) is 0 Å². The third-order valence-corrected chi connectivity index (χ3v) is 11.2. The third kappa shape index (κ3) is 5.60. The number of fused-ring (bicyclic) bond motifs is 6. The molecule has 0 atom stereocenters. The second-order valence-electron chi connectivity index (χ2n) is 14.5. The van der Waals surface area contributed by atoms with E-state index in [2.05, 4.69) is 216 Å². The second kappa shape index (κ2) is 13.6. The third-order valence-electron chi connectivity index (χ3n) is 11.2. The van der Waals surface area contributed by atoms with Gasteiger partial charge < -0.3 is 13.9 Å². The van der Waals surface area contributed by atoms with Crippen LogP contribution in [-0.2, 0) is 0 Å². The fourth-order valence-corrected chi connectivity index (χ4v) is 8.58. The van der Waals surface area contributed by atoms with Crippen LogP contribution in [0.5, 0.6) is 0 Å². The van der Waals surface area contributed by atoms with Gasteiger partial charge in [0.05, 0.1) is 16.7 Å². The van der Waals surface area contributed by atoms with E-state index in [1.165, 1.54) is 33.0 Å². The topological polar surface area (TPSA) is 21.3 Å². The van der Waals surface area contributed by atoms with Crippen LogP contribution in [-0.4, -0.2) is 4.57 Å². The molecule has 0 saturated carbocycles. The van der Waals surface area contributed by atoms with E-state index in [9.17, 15) is 0 Å². The molecule has 0 saturated heterocycles. The Kier molecular flexibility index (Phi) is 7.82. The molecular formula is C54H36N2O. The first-order valence-corrected chi connectivity index (χ1v) is 19.4. The van der Waals surface area contributed by atoms with Gasteiger partial charge in [0, 0.05) is 44.2 Å². The number of aromatic nitrogens is 1. The number of anilines is 3. The van der Waals surface area contributed by atoms with Crippen molar-refractivity contribution in [1.82, 2.24) is 4.57 Å². The van der Waals surface area contributed by atoms with E-state index in [1.54, 1.807) is 0 Å². The van der Waals surface area contributed by atoms with Crippen LogP contribution in [0, 0.1) is 0 Å². The molecule has 11 aromatic rings. The molecule has 0 unspecified atom stereocenters. The van der Waals surface area contributed by atoms with Crippen molar-refractivity contribution in [2.75, 3.05) is 4.90 Å². The molecule has 0 N–H and O–H groups in total. The molecule has 57 heavy (non-hydrogen) atoms. The molecule has 0 spiro atoms. The summed E-state index contributed by atoms with van der Waals surface area (Å²) in [5.74, 6) is 0. The minimum atomic E-state index is 0.902. The molecule has 3 nitrogen and oxygen atoms in total. The van der Waals surface area contributed by atoms with Crippen molar-refractivity contribution in [3.05, 3.63) is 218 Å². The monoisotopic (exact) mass is 728 g/mol. The predicted molar refractivity (Wildman–Crippen MR) is 239 cm³/mol. The Hall–Kier alpha value is -7.62. The zero-order valence-electron chi connectivity index (χ0n) is 31.1. The molecule has 0 aliphatic carbocycles. The van der Waals surface area contributed by atoms with E-state index < -0.39 is 0 Å². The summed E-state index contributed by atoms with van der Waals surface area (Å²) in [6, 6.07) is 78.2. The van der Waals surface area contributed by atoms with Gasteiger partial charge >= 0.3 is 0 Å². The highest BCUT2D eigenvalue weighted by Gasteiger charge is 2.21.